The van der Waals surface area contributed by atoms with Crippen molar-refractivity contribution >= 4 is 23.2 Å². The van der Waals surface area contributed by atoms with E-state index in [1.165, 1.54) is 18.4 Å². The maximum Gasteiger partial charge on any atom is 0.292 e. The number of aryl methyl sites for hydroxylation is 1. The Morgan fingerprint density at radius 2 is 1.92 bits per heavy atom. The van der Waals surface area contributed by atoms with Crippen molar-refractivity contribution in [2.45, 2.75) is 6.92 Å². The average molecular weight is 346 g/mol. The fraction of sp³-hybridized carbons (Fsp3) is 0.250. The van der Waals surface area contributed by atoms with Crippen LogP contribution < -0.4 is 16.0 Å². The topological polar surface area (TPSA) is 127 Å². The molecule has 9 heteroatoms. The molecule has 132 valence electrons. The van der Waals surface area contributed by atoms with Gasteiger partial charge in [-0.05, 0) is 19.1 Å². The maximum atomic E-state index is 11.8. The summed E-state index contributed by atoms with van der Waals surface area (Å²) in [5.41, 5.74) is 0.730. The van der Waals surface area contributed by atoms with Crippen molar-refractivity contribution in [1.82, 2.24) is 10.6 Å². The fourth-order valence-corrected chi connectivity index (χ4v) is 2.12. The Balaban J connectivity index is 1.70. The van der Waals surface area contributed by atoms with Gasteiger partial charge in [0.05, 0.1) is 23.3 Å². The first kappa shape index (κ1) is 18.0. The molecule has 0 fully saturated rings. The van der Waals surface area contributed by atoms with Crippen LogP contribution in [0, 0.1) is 17.0 Å². The van der Waals surface area contributed by atoms with Gasteiger partial charge in [0.2, 0.25) is 5.91 Å². The van der Waals surface area contributed by atoms with Crippen LogP contribution >= 0.6 is 0 Å². The third-order valence-electron chi connectivity index (χ3n) is 3.38. The Morgan fingerprint density at radius 3 is 2.60 bits per heavy atom. The number of anilines is 1. The highest BCUT2D eigenvalue weighted by Gasteiger charge is 2.13. The lowest BCUT2D eigenvalue weighted by atomic mass is 10.2. The van der Waals surface area contributed by atoms with Gasteiger partial charge in [-0.25, -0.2) is 0 Å². The minimum absolute atomic E-state index is 0.0310. The molecule has 9 nitrogen and oxygen atoms in total. The molecule has 2 amide bonds. The third-order valence-corrected chi connectivity index (χ3v) is 3.38. The summed E-state index contributed by atoms with van der Waals surface area (Å²) in [5, 5.41) is 18.9. The zero-order valence-electron chi connectivity index (χ0n) is 13.6. The second kappa shape index (κ2) is 8.48. The van der Waals surface area contributed by atoms with Gasteiger partial charge in [0.25, 0.3) is 11.6 Å². The summed E-state index contributed by atoms with van der Waals surface area (Å²) in [5.74, 6) is -0.273. The number of para-hydroxylation sites is 2. The standard InChI is InChI=1S/C16H18N4O5/c1-11-12(6-9-25-11)16(22)19-10-15(21)18-8-7-17-13-4-2-3-5-14(13)20(23)24/h2-6,9,17H,7-8,10H2,1H3,(H,18,21)(H,19,22). The van der Waals surface area contributed by atoms with E-state index in [0.717, 1.165) is 0 Å². The molecule has 0 saturated carbocycles. The lowest BCUT2D eigenvalue weighted by Gasteiger charge is -2.09. The Labute approximate surface area is 143 Å². The Bertz CT molecular complexity index is 771. The summed E-state index contributed by atoms with van der Waals surface area (Å²) in [6, 6.07) is 7.78. The molecule has 0 bridgehead atoms. The number of nitrogens with zero attached hydrogens (tertiary/aromatic N) is 1. The average Bonchev–Trinajstić information content (AvgIpc) is 3.03. The summed E-state index contributed by atoms with van der Waals surface area (Å²) in [6.07, 6.45) is 1.40. The van der Waals surface area contributed by atoms with Crippen molar-refractivity contribution < 1.29 is 18.9 Å². The number of furan rings is 1. The molecule has 0 aliphatic carbocycles. The lowest BCUT2D eigenvalue weighted by Crippen LogP contribution is -2.38. The van der Waals surface area contributed by atoms with E-state index in [0.29, 0.717) is 23.6 Å². The molecule has 1 heterocycles. The Morgan fingerprint density at radius 1 is 1.16 bits per heavy atom. The second-order valence-electron chi connectivity index (χ2n) is 5.12. The van der Waals surface area contributed by atoms with Crippen molar-refractivity contribution in [2.75, 3.05) is 25.0 Å². The minimum atomic E-state index is -0.478. The van der Waals surface area contributed by atoms with E-state index in [1.54, 1.807) is 25.1 Å². The summed E-state index contributed by atoms with van der Waals surface area (Å²) >= 11 is 0. The molecule has 2 rings (SSSR count). The van der Waals surface area contributed by atoms with Gasteiger partial charge in [-0.3, -0.25) is 19.7 Å². The van der Waals surface area contributed by atoms with Gasteiger partial charge >= 0.3 is 0 Å². The molecule has 0 aliphatic heterocycles. The minimum Gasteiger partial charge on any atom is -0.469 e. The fourth-order valence-electron chi connectivity index (χ4n) is 2.12. The molecule has 1 aromatic carbocycles. The van der Waals surface area contributed by atoms with Crippen molar-refractivity contribution in [1.29, 1.82) is 0 Å². The van der Waals surface area contributed by atoms with Crippen molar-refractivity contribution in [3.05, 3.63) is 58.0 Å². The number of nitro benzene ring substituents is 1. The summed E-state index contributed by atoms with van der Waals surface area (Å²) < 4.78 is 5.02. The predicted molar refractivity (Wildman–Crippen MR) is 90.4 cm³/mol. The number of nitrogens with one attached hydrogen (secondary N) is 3. The smallest absolute Gasteiger partial charge is 0.292 e. The van der Waals surface area contributed by atoms with Gasteiger partial charge in [-0.1, -0.05) is 12.1 Å². The number of amides is 2. The highest BCUT2D eigenvalue weighted by molar-refractivity contribution is 5.97. The van der Waals surface area contributed by atoms with E-state index in [1.807, 2.05) is 0 Å². The van der Waals surface area contributed by atoms with Crippen LogP contribution in [0.3, 0.4) is 0 Å². The summed E-state index contributed by atoms with van der Waals surface area (Å²) in [4.78, 5) is 33.9. The van der Waals surface area contributed by atoms with E-state index in [9.17, 15) is 19.7 Å². The third kappa shape index (κ3) is 5.06. The number of benzene rings is 1. The van der Waals surface area contributed by atoms with Crippen LogP contribution in [-0.4, -0.2) is 36.4 Å². The summed E-state index contributed by atoms with van der Waals surface area (Å²) in [7, 11) is 0. The van der Waals surface area contributed by atoms with E-state index in [2.05, 4.69) is 16.0 Å². The van der Waals surface area contributed by atoms with Gasteiger partial charge in [0, 0.05) is 19.2 Å². The molecular formula is C16H18N4O5. The Hall–Kier alpha value is -3.36. The normalized spacial score (nSPS) is 10.1. The van der Waals surface area contributed by atoms with Crippen molar-refractivity contribution in [3.63, 3.8) is 0 Å². The first-order valence-electron chi connectivity index (χ1n) is 7.55. The van der Waals surface area contributed by atoms with Crippen LogP contribution in [-0.2, 0) is 4.79 Å². The molecule has 0 spiro atoms. The number of carbonyl (C=O) groups excluding carboxylic acids is 2. The van der Waals surface area contributed by atoms with Crippen LogP contribution in [0.4, 0.5) is 11.4 Å². The number of hydrogen-bond acceptors (Lipinski definition) is 6. The van der Waals surface area contributed by atoms with Gasteiger partial charge in [0.1, 0.15) is 11.4 Å². The van der Waals surface area contributed by atoms with Crippen LogP contribution in [0.5, 0.6) is 0 Å². The lowest BCUT2D eigenvalue weighted by molar-refractivity contribution is -0.384. The van der Waals surface area contributed by atoms with Gasteiger partial charge in [-0.2, -0.15) is 0 Å². The van der Waals surface area contributed by atoms with E-state index in [4.69, 9.17) is 4.42 Å². The number of hydrogen-bond donors (Lipinski definition) is 3. The highest BCUT2D eigenvalue weighted by Crippen LogP contribution is 2.22. The second-order valence-corrected chi connectivity index (χ2v) is 5.12. The molecular weight excluding hydrogens is 328 g/mol. The summed E-state index contributed by atoms with van der Waals surface area (Å²) in [6.45, 7) is 2.05. The van der Waals surface area contributed by atoms with Crippen LogP contribution in [0.2, 0.25) is 0 Å². The zero-order valence-corrected chi connectivity index (χ0v) is 13.6. The molecule has 0 saturated heterocycles. The first-order valence-corrected chi connectivity index (χ1v) is 7.55. The molecule has 25 heavy (non-hydrogen) atoms. The van der Waals surface area contributed by atoms with Crippen molar-refractivity contribution in [2.24, 2.45) is 0 Å². The predicted octanol–water partition coefficient (Wildman–Crippen LogP) is 1.45. The maximum absolute atomic E-state index is 11.8. The molecule has 1 aromatic heterocycles. The van der Waals surface area contributed by atoms with E-state index >= 15 is 0 Å². The quantitative estimate of drug-likeness (QED) is 0.377. The number of carbonyl (C=O) groups is 2. The molecule has 0 aliphatic rings. The zero-order chi connectivity index (χ0) is 18.2. The first-order chi connectivity index (χ1) is 12.0. The monoisotopic (exact) mass is 346 g/mol. The molecule has 3 N–H and O–H groups in total. The molecule has 2 aromatic rings. The van der Waals surface area contributed by atoms with Gasteiger partial charge in [-0.15, -0.1) is 0 Å². The van der Waals surface area contributed by atoms with E-state index in [-0.39, 0.29) is 30.6 Å². The molecule has 0 unspecified atom stereocenters. The largest absolute Gasteiger partial charge is 0.469 e. The van der Waals surface area contributed by atoms with Crippen LogP contribution in [0.15, 0.2) is 41.0 Å². The highest BCUT2D eigenvalue weighted by atomic mass is 16.6. The Kier molecular flexibility index (Phi) is 6.10. The SMILES string of the molecule is Cc1occc1C(=O)NCC(=O)NCCNc1ccccc1[N+](=O)[O-]. The van der Waals surface area contributed by atoms with E-state index < -0.39 is 4.92 Å². The number of rotatable bonds is 8. The molecule has 0 radical (unpaired) electrons. The number of nitro groups is 1. The van der Waals surface area contributed by atoms with Crippen LogP contribution in [0.1, 0.15) is 16.1 Å². The van der Waals surface area contributed by atoms with Crippen LogP contribution in [0.25, 0.3) is 0 Å². The van der Waals surface area contributed by atoms with Crippen molar-refractivity contribution in [3.8, 4) is 0 Å². The van der Waals surface area contributed by atoms with Gasteiger partial charge < -0.3 is 20.4 Å². The molecule has 0 atom stereocenters. The van der Waals surface area contributed by atoms with Gasteiger partial charge in [0.15, 0.2) is 0 Å².